The largest absolute Gasteiger partial charge is 0.349 e. The molecule has 0 radical (unpaired) electrons. The first-order valence-electron chi connectivity index (χ1n) is 6.04. The normalized spacial score (nSPS) is 24.6. The molecule has 0 bridgehead atoms. The lowest BCUT2D eigenvalue weighted by Gasteiger charge is -2.27. The molecule has 0 aliphatic heterocycles. The van der Waals surface area contributed by atoms with Crippen molar-refractivity contribution in [1.82, 2.24) is 20.1 Å². The van der Waals surface area contributed by atoms with Crippen LogP contribution in [0.5, 0.6) is 0 Å². The van der Waals surface area contributed by atoms with Gasteiger partial charge in [-0.2, -0.15) is 0 Å². The topological polar surface area (TPSA) is 85.8 Å². The number of nitrogens with one attached hydrogen (secondary N) is 1. The number of rotatable bonds is 3. The van der Waals surface area contributed by atoms with Gasteiger partial charge in [-0.25, -0.2) is 0 Å². The van der Waals surface area contributed by atoms with Crippen LogP contribution in [-0.2, 0) is 18.4 Å². The maximum Gasteiger partial charge on any atom is 0.225 e. The molecule has 1 aromatic rings. The first-order chi connectivity index (χ1) is 8.18. The van der Waals surface area contributed by atoms with E-state index in [1.54, 1.807) is 10.9 Å². The van der Waals surface area contributed by atoms with Gasteiger partial charge in [0.1, 0.15) is 6.33 Å². The summed E-state index contributed by atoms with van der Waals surface area (Å²) in [5, 5.41) is 10.6. The van der Waals surface area contributed by atoms with E-state index in [0.29, 0.717) is 6.54 Å². The summed E-state index contributed by atoms with van der Waals surface area (Å²) in [6.45, 7) is 0.415. The van der Waals surface area contributed by atoms with Gasteiger partial charge in [0.15, 0.2) is 5.82 Å². The molecule has 1 fully saturated rings. The summed E-state index contributed by atoms with van der Waals surface area (Å²) in [4.78, 5) is 12.0. The number of nitrogens with zero attached hydrogens (tertiary/aromatic N) is 3. The number of carbonyl (C=O) groups excluding carboxylic acids is 1. The molecule has 6 heteroatoms. The van der Waals surface area contributed by atoms with Crippen LogP contribution in [0.15, 0.2) is 6.33 Å². The molecule has 2 unspecified atom stereocenters. The minimum Gasteiger partial charge on any atom is -0.349 e. The summed E-state index contributed by atoms with van der Waals surface area (Å²) in [7, 11) is 1.85. The molecule has 1 saturated carbocycles. The molecule has 1 heterocycles. The molecule has 1 aliphatic carbocycles. The minimum atomic E-state index is -0.0445. The summed E-state index contributed by atoms with van der Waals surface area (Å²) in [6, 6.07) is 0.00301. The molecule has 1 amide bonds. The highest BCUT2D eigenvalue weighted by Crippen LogP contribution is 2.22. The molecular weight excluding hydrogens is 218 g/mol. The Bertz CT molecular complexity index is 389. The second-order valence-corrected chi connectivity index (χ2v) is 4.63. The van der Waals surface area contributed by atoms with Crippen LogP contribution in [0.25, 0.3) is 0 Å². The number of carbonyl (C=O) groups is 1. The van der Waals surface area contributed by atoms with E-state index in [1.165, 1.54) is 0 Å². The Balaban J connectivity index is 1.86. The van der Waals surface area contributed by atoms with Crippen molar-refractivity contribution in [3.63, 3.8) is 0 Å². The van der Waals surface area contributed by atoms with Gasteiger partial charge in [0.25, 0.3) is 0 Å². The Kier molecular flexibility index (Phi) is 3.73. The SMILES string of the molecule is Cn1cnnc1CNC(=O)C1CCCCC1N. The average molecular weight is 237 g/mol. The van der Waals surface area contributed by atoms with Crippen molar-refractivity contribution in [3.05, 3.63) is 12.2 Å². The fourth-order valence-corrected chi connectivity index (χ4v) is 2.25. The van der Waals surface area contributed by atoms with Gasteiger partial charge in [-0.1, -0.05) is 12.8 Å². The molecular formula is C11H19N5O. The van der Waals surface area contributed by atoms with E-state index in [2.05, 4.69) is 15.5 Å². The summed E-state index contributed by atoms with van der Waals surface area (Å²) < 4.78 is 1.79. The maximum absolute atomic E-state index is 12.0. The van der Waals surface area contributed by atoms with Crippen LogP contribution in [0.4, 0.5) is 0 Å². The number of aromatic nitrogens is 3. The van der Waals surface area contributed by atoms with Crippen molar-refractivity contribution in [3.8, 4) is 0 Å². The van der Waals surface area contributed by atoms with Crippen molar-refractivity contribution in [2.75, 3.05) is 0 Å². The molecule has 0 saturated heterocycles. The Morgan fingerprint density at radius 1 is 1.59 bits per heavy atom. The van der Waals surface area contributed by atoms with Crippen LogP contribution < -0.4 is 11.1 Å². The van der Waals surface area contributed by atoms with Crippen LogP contribution in [-0.4, -0.2) is 26.7 Å². The van der Waals surface area contributed by atoms with Crippen LogP contribution in [0.1, 0.15) is 31.5 Å². The Hall–Kier alpha value is -1.43. The third kappa shape index (κ3) is 2.82. The Morgan fingerprint density at radius 3 is 3.00 bits per heavy atom. The van der Waals surface area contributed by atoms with E-state index in [-0.39, 0.29) is 17.9 Å². The van der Waals surface area contributed by atoms with Crippen molar-refractivity contribution in [1.29, 1.82) is 0 Å². The fraction of sp³-hybridized carbons (Fsp3) is 0.727. The van der Waals surface area contributed by atoms with Gasteiger partial charge in [0.2, 0.25) is 5.91 Å². The lowest BCUT2D eigenvalue weighted by Crippen LogP contribution is -2.43. The van der Waals surface area contributed by atoms with Crippen molar-refractivity contribution >= 4 is 5.91 Å². The average Bonchev–Trinajstić information content (AvgIpc) is 2.72. The van der Waals surface area contributed by atoms with E-state index in [0.717, 1.165) is 31.5 Å². The molecule has 17 heavy (non-hydrogen) atoms. The van der Waals surface area contributed by atoms with E-state index < -0.39 is 0 Å². The lowest BCUT2D eigenvalue weighted by molar-refractivity contribution is -0.126. The van der Waals surface area contributed by atoms with Crippen molar-refractivity contribution in [2.24, 2.45) is 18.7 Å². The number of nitrogens with two attached hydrogens (primary N) is 1. The minimum absolute atomic E-state index is 0.00301. The van der Waals surface area contributed by atoms with Crippen LogP contribution >= 0.6 is 0 Å². The van der Waals surface area contributed by atoms with E-state index >= 15 is 0 Å². The second kappa shape index (κ2) is 5.27. The number of hydrogen-bond acceptors (Lipinski definition) is 4. The third-order valence-electron chi connectivity index (χ3n) is 3.38. The van der Waals surface area contributed by atoms with Gasteiger partial charge in [-0.3, -0.25) is 4.79 Å². The molecule has 0 aromatic carbocycles. The first-order valence-corrected chi connectivity index (χ1v) is 6.04. The molecule has 1 aliphatic rings. The lowest BCUT2D eigenvalue weighted by atomic mass is 9.84. The smallest absolute Gasteiger partial charge is 0.225 e. The second-order valence-electron chi connectivity index (χ2n) is 4.63. The molecule has 2 rings (SSSR count). The maximum atomic E-state index is 12.0. The predicted molar refractivity (Wildman–Crippen MR) is 62.8 cm³/mol. The quantitative estimate of drug-likeness (QED) is 0.771. The van der Waals surface area contributed by atoms with Gasteiger partial charge in [-0.05, 0) is 12.8 Å². The molecule has 1 aromatic heterocycles. The summed E-state index contributed by atoms with van der Waals surface area (Å²) >= 11 is 0. The summed E-state index contributed by atoms with van der Waals surface area (Å²) in [6.07, 6.45) is 5.69. The third-order valence-corrected chi connectivity index (χ3v) is 3.38. The fourth-order valence-electron chi connectivity index (χ4n) is 2.25. The van der Waals surface area contributed by atoms with Crippen molar-refractivity contribution in [2.45, 2.75) is 38.3 Å². The predicted octanol–water partition coefficient (Wildman–Crippen LogP) is -0.0512. The van der Waals surface area contributed by atoms with E-state index in [1.807, 2.05) is 7.05 Å². The molecule has 94 valence electrons. The van der Waals surface area contributed by atoms with Crippen LogP contribution in [0.2, 0.25) is 0 Å². The monoisotopic (exact) mass is 237 g/mol. The van der Waals surface area contributed by atoms with E-state index in [9.17, 15) is 4.79 Å². The van der Waals surface area contributed by atoms with E-state index in [4.69, 9.17) is 5.73 Å². The molecule has 3 N–H and O–H groups in total. The molecule has 6 nitrogen and oxygen atoms in total. The Labute approximate surface area is 101 Å². The van der Waals surface area contributed by atoms with Crippen molar-refractivity contribution < 1.29 is 4.79 Å². The van der Waals surface area contributed by atoms with Crippen LogP contribution in [0.3, 0.4) is 0 Å². The van der Waals surface area contributed by atoms with Gasteiger partial charge in [0.05, 0.1) is 12.5 Å². The summed E-state index contributed by atoms with van der Waals surface area (Å²) in [5.74, 6) is 0.750. The highest BCUT2D eigenvalue weighted by molar-refractivity contribution is 5.79. The first kappa shape index (κ1) is 12.0. The van der Waals surface area contributed by atoms with Gasteiger partial charge in [-0.15, -0.1) is 10.2 Å². The van der Waals surface area contributed by atoms with Gasteiger partial charge < -0.3 is 15.6 Å². The number of hydrogen-bond donors (Lipinski definition) is 2. The van der Waals surface area contributed by atoms with Gasteiger partial charge >= 0.3 is 0 Å². The van der Waals surface area contributed by atoms with Crippen LogP contribution in [0, 0.1) is 5.92 Å². The van der Waals surface area contributed by atoms with Gasteiger partial charge in [0, 0.05) is 13.1 Å². The highest BCUT2D eigenvalue weighted by Gasteiger charge is 2.28. The number of aryl methyl sites for hydroxylation is 1. The molecule has 0 spiro atoms. The Morgan fingerprint density at radius 2 is 2.35 bits per heavy atom. The molecule has 2 atom stereocenters. The zero-order valence-corrected chi connectivity index (χ0v) is 10.1. The zero-order chi connectivity index (χ0) is 12.3. The number of amides is 1. The highest BCUT2D eigenvalue weighted by atomic mass is 16.1. The summed E-state index contributed by atoms with van der Waals surface area (Å²) in [5.41, 5.74) is 5.96. The zero-order valence-electron chi connectivity index (χ0n) is 10.1. The standard InChI is InChI=1S/C11H19N5O/c1-16-7-14-15-10(16)6-13-11(17)8-4-2-3-5-9(8)12/h7-9H,2-6,12H2,1H3,(H,13,17).